The number of primary amides is 1. The highest BCUT2D eigenvalue weighted by Crippen LogP contribution is 2.37. The molecule has 1 aliphatic carbocycles. The Hall–Kier alpha value is -0.180. The van der Waals surface area contributed by atoms with Crippen LogP contribution in [0.3, 0.4) is 0 Å². The number of hydrogen-bond acceptors (Lipinski definition) is 2. The lowest BCUT2D eigenvalue weighted by Gasteiger charge is -2.27. The molecule has 0 bridgehead atoms. The van der Waals surface area contributed by atoms with Crippen LogP contribution in [0.4, 0.5) is 0 Å². The number of nitrogens with two attached hydrogens (primary N) is 1. The molecule has 1 saturated heterocycles. The van der Waals surface area contributed by atoms with Crippen molar-refractivity contribution in [3.05, 3.63) is 0 Å². The van der Waals surface area contributed by atoms with Gasteiger partial charge in [0.05, 0.1) is 0 Å². The molecule has 1 atom stereocenters. The van der Waals surface area contributed by atoms with E-state index in [4.69, 9.17) is 5.73 Å². The van der Waals surface area contributed by atoms with E-state index in [1.165, 1.54) is 50.0 Å². The van der Waals surface area contributed by atoms with Gasteiger partial charge in [-0.15, -0.1) is 0 Å². The zero-order valence-electron chi connectivity index (χ0n) is 9.99. The molecule has 3 heteroatoms. The Morgan fingerprint density at radius 1 is 1.19 bits per heavy atom. The number of thioether (sulfide) groups is 1. The van der Waals surface area contributed by atoms with Gasteiger partial charge in [0.1, 0.15) is 0 Å². The maximum atomic E-state index is 11.6. The van der Waals surface area contributed by atoms with Gasteiger partial charge >= 0.3 is 0 Å². The van der Waals surface area contributed by atoms with Crippen molar-refractivity contribution in [2.75, 3.05) is 11.5 Å². The minimum Gasteiger partial charge on any atom is -0.369 e. The maximum absolute atomic E-state index is 11.6. The van der Waals surface area contributed by atoms with Crippen LogP contribution in [0.1, 0.15) is 44.9 Å². The molecule has 2 rings (SSSR count). The molecule has 0 aromatic heterocycles. The normalized spacial score (nSPS) is 25.8. The summed E-state index contributed by atoms with van der Waals surface area (Å²) in [5.74, 6) is 4.06. The van der Waals surface area contributed by atoms with Gasteiger partial charge in [-0.05, 0) is 55.4 Å². The number of rotatable bonds is 4. The fourth-order valence-electron chi connectivity index (χ4n) is 3.24. The summed E-state index contributed by atoms with van der Waals surface area (Å²) >= 11 is 2.05. The van der Waals surface area contributed by atoms with E-state index >= 15 is 0 Å². The highest BCUT2D eigenvalue weighted by molar-refractivity contribution is 7.99. The third-order valence-corrected chi connectivity index (χ3v) is 5.31. The minimum atomic E-state index is -0.0369. The molecule has 0 spiro atoms. The first-order valence-corrected chi connectivity index (χ1v) is 7.80. The summed E-state index contributed by atoms with van der Waals surface area (Å²) in [5.41, 5.74) is 5.59. The Morgan fingerprint density at radius 2 is 1.81 bits per heavy atom. The van der Waals surface area contributed by atoms with E-state index in [-0.39, 0.29) is 11.8 Å². The zero-order chi connectivity index (χ0) is 11.4. The molecule has 2 nitrogen and oxygen atoms in total. The predicted octanol–water partition coefficient (Wildman–Crippen LogP) is 2.81. The number of amides is 1. The van der Waals surface area contributed by atoms with Crippen LogP contribution in [0.25, 0.3) is 0 Å². The van der Waals surface area contributed by atoms with Crippen molar-refractivity contribution in [2.24, 2.45) is 23.5 Å². The second-order valence-corrected chi connectivity index (χ2v) is 6.57. The molecule has 16 heavy (non-hydrogen) atoms. The Bertz CT molecular complexity index is 232. The lowest BCUT2D eigenvalue weighted by atomic mass is 9.81. The zero-order valence-corrected chi connectivity index (χ0v) is 10.8. The smallest absolute Gasteiger partial charge is 0.220 e. The highest BCUT2D eigenvalue weighted by Gasteiger charge is 2.31. The summed E-state index contributed by atoms with van der Waals surface area (Å²) in [4.78, 5) is 11.6. The minimum absolute atomic E-state index is 0.0369. The summed E-state index contributed by atoms with van der Waals surface area (Å²) in [7, 11) is 0. The van der Waals surface area contributed by atoms with E-state index in [0.717, 1.165) is 12.3 Å². The molecule has 2 N–H and O–H groups in total. The second-order valence-electron chi connectivity index (χ2n) is 5.34. The lowest BCUT2D eigenvalue weighted by molar-refractivity contribution is -0.124. The molecule has 1 heterocycles. The SMILES string of the molecule is NC(=O)C(CC1CCSCC1)C1CCCC1. The Balaban J connectivity index is 1.88. The number of hydrogen-bond donors (Lipinski definition) is 1. The number of carbonyl (C=O) groups excluding carboxylic acids is 1. The summed E-state index contributed by atoms with van der Waals surface area (Å²) < 4.78 is 0. The van der Waals surface area contributed by atoms with E-state index in [0.29, 0.717) is 5.92 Å². The summed E-state index contributed by atoms with van der Waals surface area (Å²) in [6, 6.07) is 0. The topological polar surface area (TPSA) is 43.1 Å². The van der Waals surface area contributed by atoms with Gasteiger partial charge in [0.2, 0.25) is 5.91 Å². The van der Waals surface area contributed by atoms with Gasteiger partial charge in [0.25, 0.3) is 0 Å². The average molecular weight is 241 g/mol. The van der Waals surface area contributed by atoms with Crippen LogP contribution in [0.15, 0.2) is 0 Å². The lowest BCUT2D eigenvalue weighted by Crippen LogP contribution is -2.31. The highest BCUT2D eigenvalue weighted by atomic mass is 32.2. The molecular formula is C13H23NOS. The molecule has 2 aliphatic rings. The standard InChI is InChI=1S/C13H23NOS/c14-13(15)12(11-3-1-2-4-11)9-10-5-7-16-8-6-10/h10-12H,1-9H2,(H2,14,15). The molecule has 2 fully saturated rings. The van der Waals surface area contributed by atoms with Crippen LogP contribution < -0.4 is 5.73 Å². The molecule has 0 radical (unpaired) electrons. The van der Waals surface area contributed by atoms with Crippen molar-refractivity contribution < 1.29 is 4.79 Å². The van der Waals surface area contributed by atoms with Gasteiger partial charge in [-0.1, -0.05) is 12.8 Å². The third kappa shape index (κ3) is 3.16. The Morgan fingerprint density at radius 3 is 2.38 bits per heavy atom. The first kappa shape index (κ1) is 12.3. The molecule has 0 aromatic carbocycles. The molecule has 1 aliphatic heterocycles. The second kappa shape index (κ2) is 5.95. The largest absolute Gasteiger partial charge is 0.369 e. The van der Waals surface area contributed by atoms with Crippen LogP contribution in [0.2, 0.25) is 0 Å². The van der Waals surface area contributed by atoms with Crippen LogP contribution in [0.5, 0.6) is 0 Å². The Labute approximate surface area is 103 Å². The molecule has 92 valence electrons. The van der Waals surface area contributed by atoms with Crippen molar-refractivity contribution in [1.82, 2.24) is 0 Å². The number of carbonyl (C=O) groups is 1. The molecule has 0 aromatic rings. The van der Waals surface area contributed by atoms with Gasteiger partial charge < -0.3 is 5.73 Å². The fraction of sp³-hybridized carbons (Fsp3) is 0.923. The van der Waals surface area contributed by atoms with Gasteiger partial charge in [-0.3, -0.25) is 4.79 Å². The van der Waals surface area contributed by atoms with E-state index in [2.05, 4.69) is 11.8 Å². The quantitative estimate of drug-likeness (QED) is 0.822. The van der Waals surface area contributed by atoms with Crippen molar-refractivity contribution in [3.8, 4) is 0 Å². The van der Waals surface area contributed by atoms with E-state index < -0.39 is 0 Å². The van der Waals surface area contributed by atoms with E-state index in [1.807, 2.05) is 0 Å². The van der Waals surface area contributed by atoms with Crippen molar-refractivity contribution in [2.45, 2.75) is 44.9 Å². The summed E-state index contributed by atoms with van der Waals surface area (Å²) in [5, 5.41) is 0. The van der Waals surface area contributed by atoms with Gasteiger partial charge in [-0.2, -0.15) is 11.8 Å². The summed E-state index contributed by atoms with van der Waals surface area (Å²) in [6.45, 7) is 0. The van der Waals surface area contributed by atoms with E-state index in [9.17, 15) is 4.79 Å². The maximum Gasteiger partial charge on any atom is 0.220 e. The average Bonchev–Trinajstić information content (AvgIpc) is 2.80. The van der Waals surface area contributed by atoms with Gasteiger partial charge in [0, 0.05) is 5.92 Å². The molecule has 1 amide bonds. The summed E-state index contributed by atoms with van der Waals surface area (Å²) in [6.07, 6.45) is 8.72. The monoisotopic (exact) mass is 241 g/mol. The van der Waals surface area contributed by atoms with Gasteiger partial charge in [-0.25, -0.2) is 0 Å². The molecular weight excluding hydrogens is 218 g/mol. The van der Waals surface area contributed by atoms with Crippen LogP contribution >= 0.6 is 11.8 Å². The van der Waals surface area contributed by atoms with Crippen LogP contribution in [-0.2, 0) is 4.79 Å². The predicted molar refractivity (Wildman–Crippen MR) is 69.3 cm³/mol. The van der Waals surface area contributed by atoms with Gasteiger partial charge in [0.15, 0.2) is 0 Å². The van der Waals surface area contributed by atoms with E-state index in [1.54, 1.807) is 0 Å². The molecule has 1 saturated carbocycles. The fourth-order valence-corrected chi connectivity index (χ4v) is 4.45. The first-order valence-electron chi connectivity index (χ1n) is 6.64. The van der Waals surface area contributed by atoms with Crippen molar-refractivity contribution in [1.29, 1.82) is 0 Å². The first-order chi connectivity index (χ1) is 7.77. The van der Waals surface area contributed by atoms with Crippen LogP contribution in [0, 0.1) is 17.8 Å². The van der Waals surface area contributed by atoms with Crippen LogP contribution in [-0.4, -0.2) is 17.4 Å². The third-order valence-electron chi connectivity index (χ3n) is 4.26. The van der Waals surface area contributed by atoms with Crippen molar-refractivity contribution in [3.63, 3.8) is 0 Å². The van der Waals surface area contributed by atoms with Crippen molar-refractivity contribution >= 4 is 17.7 Å². The molecule has 1 unspecified atom stereocenters. The Kier molecular flexibility index (Phi) is 4.56.